The first-order valence-electron chi connectivity index (χ1n) is 6.37. The van der Waals surface area contributed by atoms with E-state index in [0.29, 0.717) is 0 Å². The number of nitrogens with zero attached hydrogens (tertiary/aromatic N) is 1. The highest BCUT2D eigenvalue weighted by Crippen LogP contribution is 2.38. The smallest absolute Gasteiger partial charge is 0.392 e. The van der Waals surface area contributed by atoms with Crippen LogP contribution in [0.1, 0.15) is 24.5 Å². The molecule has 0 aliphatic carbocycles. The van der Waals surface area contributed by atoms with Crippen molar-refractivity contribution in [2.24, 2.45) is 0 Å². The van der Waals surface area contributed by atoms with E-state index in [-0.39, 0.29) is 17.3 Å². The third kappa shape index (κ3) is 4.06. The Labute approximate surface area is 122 Å². The molecule has 0 spiro atoms. The molecule has 1 aromatic carbocycles. The van der Waals surface area contributed by atoms with Crippen LogP contribution >= 0.6 is 11.8 Å². The number of aliphatic hydroxyl groups excluding tert-OH is 1. The SMILES string of the molecule is CCC(CSC)N(C)c1ccc(CO)cc1C(F)(F)F. The molecule has 0 radical (unpaired) electrons. The lowest BCUT2D eigenvalue weighted by atomic mass is 10.1. The third-order valence-electron chi connectivity index (χ3n) is 3.31. The second kappa shape index (κ2) is 7.22. The van der Waals surface area contributed by atoms with E-state index in [1.54, 1.807) is 23.7 Å². The number of benzene rings is 1. The minimum absolute atomic E-state index is 0.0473. The number of rotatable bonds is 6. The highest BCUT2D eigenvalue weighted by molar-refractivity contribution is 7.98. The van der Waals surface area contributed by atoms with Gasteiger partial charge in [0.05, 0.1) is 12.2 Å². The predicted molar refractivity (Wildman–Crippen MR) is 78.2 cm³/mol. The summed E-state index contributed by atoms with van der Waals surface area (Å²) < 4.78 is 39.5. The number of thioether (sulfide) groups is 1. The van der Waals surface area contributed by atoms with Crippen LogP contribution in [0.15, 0.2) is 18.2 Å². The summed E-state index contributed by atoms with van der Waals surface area (Å²) in [5.41, 5.74) is -0.255. The molecule has 0 saturated heterocycles. The summed E-state index contributed by atoms with van der Waals surface area (Å²) >= 11 is 1.62. The Kier molecular flexibility index (Phi) is 6.20. The quantitative estimate of drug-likeness (QED) is 0.865. The summed E-state index contributed by atoms with van der Waals surface area (Å²) in [6, 6.07) is 4.05. The van der Waals surface area contributed by atoms with Crippen molar-refractivity contribution in [2.75, 3.05) is 24.0 Å². The van der Waals surface area contributed by atoms with Crippen molar-refractivity contribution in [3.8, 4) is 0 Å². The number of anilines is 1. The minimum atomic E-state index is -4.42. The normalized spacial score (nSPS) is 13.3. The molecule has 0 saturated carbocycles. The molecule has 20 heavy (non-hydrogen) atoms. The van der Waals surface area contributed by atoms with Crippen LogP contribution in [0.5, 0.6) is 0 Å². The van der Waals surface area contributed by atoms with Gasteiger partial charge in [0.2, 0.25) is 0 Å². The van der Waals surface area contributed by atoms with Crippen LogP contribution < -0.4 is 4.90 Å². The van der Waals surface area contributed by atoms with Gasteiger partial charge in [0.25, 0.3) is 0 Å². The Bertz CT molecular complexity index is 437. The third-order valence-corrected chi connectivity index (χ3v) is 4.03. The number of aliphatic hydroxyl groups is 1. The second-order valence-electron chi connectivity index (χ2n) is 4.64. The van der Waals surface area contributed by atoms with Crippen LogP contribution in [0.25, 0.3) is 0 Å². The van der Waals surface area contributed by atoms with E-state index in [1.165, 1.54) is 12.1 Å². The molecule has 0 fully saturated rings. The fraction of sp³-hybridized carbons (Fsp3) is 0.571. The summed E-state index contributed by atoms with van der Waals surface area (Å²) in [6.45, 7) is 1.57. The molecule has 6 heteroatoms. The van der Waals surface area contributed by atoms with Crippen molar-refractivity contribution in [3.05, 3.63) is 29.3 Å². The molecule has 0 aliphatic heterocycles. The summed E-state index contributed by atoms with van der Waals surface area (Å²) in [6.07, 6.45) is -1.71. The van der Waals surface area contributed by atoms with E-state index in [9.17, 15) is 13.2 Å². The predicted octanol–water partition coefficient (Wildman–Crippen LogP) is 3.78. The number of hydrogen-bond donors (Lipinski definition) is 1. The van der Waals surface area contributed by atoms with Gasteiger partial charge in [-0.2, -0.15) is 24.9 Å². The monoisotopic (exact) mass is 307 g/mol. The van der Waals surface area contributed by atoms with Crippen LogP contribution in [0.4, 0.5) is 18.9 Å². The fourth-order valence-electron chi connectivity index (χ4n) is 2.11. The van der Waals surface area contributed by atoms with Crippen LogP contribution in [0.3, 0.4) is 0 Å². The zero-order valence-corrected chi connectivity index (χ0v) is 12.7. The van der Waals surface area contributed by atoms with Crippen LogP contribution in [-0.4, -0.2) is 30.2 Å². The van der Waals surface area contributed by atoms with Crippen molar-refractivity contribution in [1.82, 2.24) is 0 Å². The van der Waals surface area contributed by atoms with Gasteiger partial charge in [0, 0.05) is 24.5 Å². The Hall–Kier alpha value is -0.880. The van der Waals surface area contributed by atoms with E-state index >= 15 is 0 Å². The van der Waals surface area contributed by atoms with Gasteiger partial charge in [-0.05, 0) is 30.4 Å². The van der Waals surface area contributed by atoms with Gasteiger partial charge in [0.1, 0.15) is 0 Å². The molecule has 0 heterocycles. The first kappa shape index (κ1) is 17.2. The van der Waals surface area contributed by atoms with E-state index < -0.39 is 18.3 Å². The summed E-state index contributed by atoms with van der Waals surface area (Å²) in [5, 5.41) is 9.01. The standard InChI is InChI=1S/C14H20F3NOS/c1-4-11(9-20-3)18(2)13-6-5-10(8-19)7-12(13)14(15,16)17/h5-7,11,19H,4,8-9H2,1-3H3. The van der Waals surface area contributed by atoms with Crippen molar-refractivity contribution < 1.29 is 18.3 Å². The lowest BCUT2D eigenvalue weighted by Crippen LogP contribution is -2.34. The topological polar surface area (TPSA) is 23.5 Å². The molecule has 114 valence electrons. The molecule has 1 aromatic rings. The molecule has 1 unspecified atom stereocenters. The highest BCUT2D eigenvalue weighted by Gasteiger charge is 2.35. The zero-order chi connectivity index (χ0) is 15.3. The van der Waals surface area contributed by atoms with Gasteiger partial charge < -0.3 is 10.0 Å². The molecule has 1 atom stereocenters. The van der Waals surface area contributed by atoms with Gasteiger partial charge in [-0.1, -0.05) is 13.0 Å². The van der Waals surface area contributed by atoms with Gasteiger partial charge in [-0.25, -0.2) is 0 Å². The van der Waals surface area contributed by atoms with Crippen molar-refractivity contribution >= 4 is 17.4 Å². The summed E-state index contributed by atoms with van der Waals surface area (Å²) in [7, 11) is 1.69. The maximum absolute atomic E-state index is 13.2. The molecular weight excluding hydrogens is 287 g/mol. The fourth-order valence-corrected chi connectivity index (χ4v) is 2.95. The van der Waals surface area contributed by atoms with E-state index in [0.717, 1.165) is 18.2 Å². The van der Waals surface area contributed by atoms with Gasteiger partial charge in [-0.15, -0.1) is 0 Å². The van der Waals surface area contributed by atoms with Crippen LogP contribution in [0, 0.1) is 0 Å². The average Bonchev–Trinajstić information content (AvgIpc) is 2.42. The Morgan fingerprint density at radius 3 is 2.45 bits per heavy atom. The average molecular weight is 307 g/mol. The number of hydrogen-bond acceptors (Lipinski definition) is 3. The lowest BCUT2D eigenvalue weighted by molar-refractivity contribution is -0.137. The lowest BCUT2D eigenvalue weighted by Gasteiger charge is -2.31. The highest BCUT2D eigenvalue weighted by atomic mass is 32.2. The Morgan fingerprint density at radius 1 is 1.35 bits per heavy atom. The second-order valence-corrected chi connectivity index (χ2v) is 5.55. The van der Waals surface area contributed by atoms with Crippen LogP contribution in [0.2, 0.25) is 0 Å². The number of halogens is 3. The molecule has 1 N–H and O–H groups in total. The zero-order valence-electron chi connectivity index (χ0n) is 11.9. The number of alkyl halides is 3. The molecule has 0 bridgehead atoms. The van der Waals surface area contributed by atoms with Crippen molar-refractivity contribution in [2.45, 2.75) is 32.2 Å². The van der Waals surface area contributed by atoms with Gasteiger partial charge in [0.15, 0.2) is 0 Å². The Morgan fingerprint density at radius 2 is 2.00 bits per heavy atom. The molecule has 0 aromatic heterocycles. The first-order valence-corrected chi connectivity index (χ1v) is 7.77. The summed E-state index contributed by atoms with van der Waals surface area (Å²) in [4.78, 5) is 1.68. The van der Waals surface area contributed by atoms with Crippen molar-refractivity contribution in [3.63, 3.8) is 0 Å². The Balaban J connectivity index is 3.22. The molecule has 1 rings (SSSR count). The maximum Gasteiger partial charge on any atom is 0.418 e. The first-order chi connectivity index (χ1) is 9.35. The van der Waals surface area contributed by atoms with Crippen LogP contribution in [-0.2, 0) is 12.8 Å². The molecular formula is C14H20F3NOS. The molecule has 0 amide bonds. The van der Waals surface area contributed by atoms with E-state index in [4.69, 9.17) is 5.11 Å². The van der Waals surface area contributed by atoms with Crippen molar-refractivity contribution in [1.29, 1.82) is 0 Å². The van der Waals surface area contributed by atoms with E-state index in [1.807, 2.05) is 13.2 Å². The van der Waals surface area contributed by atoms with E-state index in [2.05, 4.69) is 0 Å². The molecule has 0 aliphatic rings. The minimum Gasteiger partial charge on any atom is -0.392 e. The molecule has 2 nitrogen and oxygen atoms in total. The largest absolute Gasteiger partial charge is 0.418 e. The maximum atomic E-state index is 13.2. The van der Waals surface area contributed by atoms with Gasteiger partial charge in [-0.3, -0.25) is 0 Å². The summed E-state index contributed by atoms with van der Waals surface area (Å²) in [5.74, 6) is 0.770. The van der Waals surface area contributed by atoms with Gasteiger partial charge >= 0.3 is 6.18 Å².